The summed E-state index contributed by atoms with van der Waals surface area (Å²) in [6, 6.07) is 0. The number of aromatic nitrogens is 6. The number of aryl methyl sites for hydroxylation is 3. The van der Waals surface area contributed by atoms with Crippen LogP contribution in [0.4, 0.5) is 11.6 Å². The smallest absolute Gasteiger partial charge is 0.292 e. The quantitative estimate of drug-likeness (QED) is 0.434. The minimum absolute atomic E-state index is 0.0581. The van der Waals surface area contributed by atoms with E-state index in [2.05, 4.69) is 30.9 Å². The molecule has 0 saturated heterocycles. The maximum Gasteiger partial charge on any atom is 0.292 e. The van der Waals surface area contributed by atoms with Gasteiger partial charge in [0.25, 0.3) is 17.7 Å². The van der Waals surface area contributed by atoms with E-state index in [1.807, 2.05) is 19.0 Å². The minimum Gasteiger partial charge on any atom is -0.348 e. The maximum atomic E-state index is 12.7. The van der Waals surface area contributed by atoms with Crippen molar-refractivity contribution in [1.29, 1.82) is 0 Å². The monoisotopic (exact) mass is 442 g/mol. The molecule has 3 heterocycles. The molecule has 0 aliphatic rings. The van der Waals surface area contributed by atoms with Gasteiger partial charge in [-0.15, -0.1) is 0 Å². The van der Waals surface area contributed by atoms with E-state index in [0.29, 0.717) is 13.1 Å². The molecule has 3 aromatic rings. The second kappa shape index (κ2) is 9.43. The first kappa shape index (κ1) is 22.7. The molecule has 13 nitrogen and oxygen atoms in total. The molecule has 0 aliphatic carbocycles. The molecule has 0 spiro atoms. The summed E-state index contributed by atoms with van der Waals surface area (Å²) in [5, 5.41) is 8.01. The van der Waals surface area contributed by atoms with Crippen molar-refractivity contribution in [3.05, 3.63) is 42.3 Å². The Labute approximate surface area is 184 Å². The number of carbonyl (C=O) groups excluding carboxylic acids is 3. The molecule has 0 saturated carbocycles. The Morgan fingerprint density at radius 1 is 0.844 bits per heavy atom. The number of imidazole rings is 3. The van der Waals surface area contributed by atoms with Crippen molar-refractivity contribution in [3.8, 4) is 0 Å². The molecule has 13 heteroatoms. The molecule has 3 amide bonds. The number of rotatable bonds is 8. The lowest BCUT2D eigenvalue weighted by Gasteiger charge is -2.09. The minimum atomic E-state index is -0.539. The number of hydrogen-bond donors (Lipinski definition) is 3. The predicted octanol–water partition coefficient (Wildman–Crippen LogP) is -0.317. The summed E-state index contributed by atoms with van der Waals surface area (Å²) in [6.07, 6.45) is 6.20. The molecule has 3 aromatic heterocycles. The molecular weight excluding hydrogens is 416 g/mol. The van der Waals surface area contributed by atoms with Gasteiger partial charge in [0.05, 0.1) is 0 Å². The fourth-order valence-electron chi connectivity index (χ4n) is 2.88. The summed E-state index contributed by atoms with van der Waals surface area (Å²) < 4.78 is 4.57. The maximum absolute atomic E-state index is 12.7. The van der Waals surface area contributed by atoms with Crippen molar-refractivity contribution in [2.24, 2.45) is 21.1 Å². The lowest BCUT2D eigenvalue weighted by Crippen LogP contribution is -2.32. The fourth-order valence-corrected chi connectivity index (χ4v) is 2.88. The van der Waals surface area contributed by atoms with Crippen LogP contribution in [-0.4, -0.2) is 78.5 Å². The Bertz CT molecular complexity index is 1140. The third-order valence-corrected chi connectivity index (χ3v) is 4.51. The zero-order valence-corrected chi connectivity index (χ0v) is 18.6. The first-order chi connectivity index (χ1) is 15.2. The van der Waals surface area contributed by atoms with Crippen LogP contribution in [0.3, 0.4) is 0 Å². The van der Waals surface area contributed by atoms with Crippen molar-refractivity contribution in [2.45, 2.75) is 0 Å². The van der Waals surface area contributed by atoms with Gasteiger partial charge in [0, 0.05) is 59.0 Å². The number of hydrogen-bond acceptors (Lipinski definition) is 7. The average Bonchev–Trinajstić information content (AvgIpc) is 3.40. The van der Waals surface area contributed by atoms with Gasteiger partial charge in [-0.2, -0.15) is 0 Å². The molecule has 0 radical (unpaired) electrons. The molecule has 0 bridgehead atoms. The van der Waals surface area contributed by atoms with Crippen molar-refractivity contribution < 1.29 is 14.4 Å². The van der Waals surface area contributed by atoms with Crippen LogP contribution >= 0.6 is 0 Å². The Kier molecular flexibility index (Phi) is 6.68. The van der Waals surface area contributed by atoms with E-state index < -0.39 is 11.8 Å². The number of carbonyl (C=O) groups is 3. The van der Waals surface area contributed by atoms with Crippen molar-refractivity contribution >= 4 is 29.4 Å². The largest absolute Gasteiger partial charge is 0.348 e. The van der Waals surface area contributed by atoms with Crippen molar-refractivity contribution in [3.63, 3.8) is 0 Å². The highest BCUT2D eigenvalue weighted by atomic mass is 16.2. The summed E-state index contributed by atoms with van der Waals surface area (Å²) in [4.78, 5) is 51.6. The summed E-state index contributed by atoms with van der Waals surface area (Å²) in [5.41, 5.74) is 0. The topological polar surface area (TPSA) is 144 Å². The summed E-state index contributed by atoms with van der Waals surface area (Å²) >= 11 is 0. The third-order valence-electron chi connectivity index (χ3n) is 4.51. The summed E-state index contributed by atoms with van der Waals surface area (Å²) in [7, 11) is 8.81. The fraction of sp³-hybridized carbons (Fsp3) is 0.368. The van der Waals surface area contributed by atoms with E-state index in [9.17, 15) is 14.4 Å². The van der Waals surface area contributed by atoms with Gasteiger partial charge in [-0.25, -0.2) is 15.0 Å². The summed E-state index contributed by atoms with van der Waals surface area (Å²) in [6.45, 7) is 1.17. The average molecular weight is 442 g/mol. The standard InChI is InChI=1S/C19H26N10O3/c1-26(2)8-6-21-17(30)15-22-12(10-28(15)4)25-19(32)16-23-13(11-29(16)5)24-18(31)14-20-7-9-27(14)3/h7,9-11H,6,8H2,1-5H3,(H,21,30)(H,24,31)(H,25,32). The van der Waals surface area contributed by atoms with Crippen molar-refractivity contribution in [2.75, 3.05) is 37.8 Å². The molecule has 0 aliphatic heterocycles. The molecule has 32 heavy (non-hydrogen) atoms. The van der Waals surface area contributed by atoms with E-state index in [0.717, 1.165) is 0 Å². The van der Waals surface area contributed by atoms with Crippen LogP contribution in [0.1, 0.15) is 31.9 Å². The van der Waals surface area contributed by atoms with Crippen LogP contribution in [0.5, 0.6) is 0 Å². The number of anilines is 2. The van der Waals surface area contributed by atoms with Gasteiger partial charge >= 0.3 is 0 Å². The molecule has 0 unspecified atom stereocenters. The van der Waals surface area contributed by atoms with Crippen LogP contribution in [0.25, 0.3) is 0 Å². The normalized spacial score (nSPS) is 10.9. The van der Waals surface area contributed by atoms with Gasteiger partial charge in [0.15, 0.2) is 17.5 Å². The van der Waals surface area contributed by atoms with E-state index in [4.69, 9.17) is 0 Å². The van der Waals surface area contributed by atoms with Crippen LogP contribution in [-0.2, 0) is 21.1 Å². The van der Waals surface area contributed by atoms with Gasteiger partial charge in [-0.05, 0) is 14.1 Å². The molecule has 3 N–H and O–H groups in total. The van der Waals surface area contributed by atoms with Crippen molar-refractivity contribution in [1.82, 2.24) is 38.9 Å². The van der Waals surface area contributed by atoms with E-state index in [1.165, 1.54) is 27.7 Å². The molecule has 0 aromatic carbocycles. The van der Waals surface area contributed by atoms with Crippen LogP contribution in [0, 0.1) is 0 Å². The third kappa shape index (κ3) is 5.18. The molecule has 170 valence electrons. The Morgan fingerprint density at radius 2 is 1.38 bits per heavy atom. The number of nitrogens with one attached hydrogen (secondary N) is 3. The first-order valence-corrected chi connectivity index (χ1v) is 9.75. The lowest BCUT2D eigenvalue weighted by atomic mass is 10.5. The highest BCUT2D eigenvalue weighted by Crippen LogP contribution is 2.12. The second-order valence-corrected chi connectivity index (χ2v) is 7.45. The predicted molar refractivity (Wildman–Crippen MR) is 116 cm³/mol. The van der Waals surface area contributed by atoms with E-state index >= 15 is 0 Å². The van der Waals surface area contributed by atoms with Crippen LogP contribution in [0.15, 0.2) is 24.8 Å². The number of likely N-dealkylation sites (N-methyl/N-ethyl adjacent to an activating group) is 1. The highest BCUT2D eigenvalue weighted by molar-refractivity contribution is 6.04. The second-order valence-electron chi connectivity index (χ2n) is 7.45. The Morgan fingerprint density at radius 3 is 1.88 bits per heavy atom. The zero-order chi connectivity index (χ0) is 23.4. The zero-order valence-electron chi connectivity index (χ0n) is 18.6. The SMILES string of the molecule is CN(C)CCNC(=O)c1nc(NC(=O)c2nc(NC(=O)c3nccn3C)cn2C)cn1C. The van der Waals surface area contributed by atoms with Crippen LogP contribution < -0.4 is 16.0 Å². The Hall–Kier alpha value is -4.00. The lowest BCUT2D eigenvalue weighted by molar-refractivity contribution is 0.0935. The molecule has 0 atom stereocenters. The molecule has 0 fully saturated rings. The van der Waals surface area contributed by atoms with E-state index in [1.54, 1.807) is 31.9 Å². The van der Waals surface area contributed by atoms with E-state index in [-0.39, 0.29) is 35.0 Å². The van der Waals surface area contributed by atoms with Gasteiger partial charge in [-0.3, -0.25) is 14.4 Å². The van der Waals surface area contributed by atoms with Gasteiger partial charge in [0.2, 0.25) is 11.6 Å². The molecular formula is C19H26N10O3. The highest BCUT2D eigenvalue weighted by Gasteiger charge is 2.20. The Balaban J connectivity index is 1.65. The van der Waals surface area contributed by atoms with Gasteiger partial charge < -0.3 is 34.6 Å². The molecule has 3 rings (SSSR count). The van der Waals surface area contributed by atoms with Gasteiger partial charge in [-0.1, -0.05) is 0 Å². The first-order valence-electron chi connectivity index (χ1n) is 9.75. The van der Waals surface area contributed by atoms with Gasteiger partial charge in [0.1, 0.15) is 0 Å². The summed E-state index contributed by atoms with van der Waals surface area (Å²) in [5.74, 6) is -0.480. The van der Waals surface area contributed by atoms with Crippen LogP contribution in [0.2, 0.25) is 0 Å². The number of amides is 3. The number of nitrogens with zero attached hydrogens (tertiary/aromatic N) is 7.